The second-order valence-corrected chi connectivity index (χ2v) is 7.50. The smallest absolute Gasteiger partial charge is 0.305 e. The number of rotatable bonds is 16. The van der Waals surface area contributed by atoms with Crippen LogP contribution in [0.25, 0.3) is 0 Å². The topological polar surface area (TPSA) is 182 Å². The third kappa shape index (κ3) is 10.9. The third-order valence-electron chi connectivity index (χ3n) is 4.98. The summed E-state index contributed by atoms with van der Waals surface area (Å²) in [6.45, 7) is 4.20. The maximum atomic E-state index is 12.7. The van der Waals surface area contributed by atoms with Crippen LogP contribution in [0.1, 0.15) is 71.6 Å². The molecule has 0 fully saturated rings. The molecular formula is C20H37N5O5. The molecule has 0 aromatic heterocycles. The van der Waals surface area contributed by atoms with E-state index in [1.807, 2.05) is 6.92 Å². The average Bonchev–Trinajstić information content (AvgIpc) is 2.68. The van der Waals surface area contributed by atoms with Gasteiger partial charge in [-0.05, 0) is 18.8 Å². The molecule has 30 heavy (non-hydrogen) atoms. The van der Waals surface area contributed by atoms with Gasteiger partial charge in [-0.1, -0.05) is 46.0 Å². The molecule has 10 nitrogen and oxygen atoms in total. The van der Waals surface area contributed by atoms with Crippen molar-refractivity contribution in [2.75, 3.05) is 6.54 Å². The predicted octanol–water partition coefficient (Wildman–Crippen LogP) is 0.761. The number of carboxylic acid groups (broad SMARTS) is 1. The van der Waals surface area contributed by atoms with Crippen LogP contribution in [0.4, 0.5) is 0 Å². The summed E-state index contributed by atoms with van der Waals surface area (Å²) < 4.78 is 0. The van der Waals surface area contributed by atoms with Crippen LogP contribution < -0.4 is 17.2 Å². The minimum atomic E-state index is -1.37. The van der Waals surface area contributed by atoms with E-state index in [1.54, 1.807) is 6.92 Å². The number of amides is 2. The molecule has 7 N–H and O–H groups in total. The number of aliphatic carboxylic acids is 1. The van der Waals surface area contributed by atoms with Gasteiger partial charge >= 0.3 is 5.97 Å². The number of carboxylic acids is 1. The molecule has 0 spiro atoms. The summed E-state index contributed by atoms with van der Waals surface area (Å²) in [5.74, 6) is -2.72. The molecule has 0 bridgehead atoms. The van der Waals surface area contributed by atoms with Crippen LogP contribution in [0.3, 0.4) is 0 Å². The zero-order valence-corrected chi connectivity index (χ0v) is 18.1. The summed E-state index contributed by atoms with van der Waals surface area (Å²) in [5, 5.41) is 8.88. The standard InChI is InChI=1S/C20H37N5O5/c1-3-14(2)16(13-26)25(19(30)15(21)12-18(28)29)17(27)10-8-6-4-5-7-9-11-24-20(22)23/h13-16H,3-12,21H2,1-2H3,(H,28,29)(H4,22,23,24)/t14-,15-,16+/m0/s1. The SMILES string of the molecule is CC[C@H](C)[C@@H](C=O)N(C(=O)CCCCCCCCN=C(N)N)C(=O)[C@@H](N)CC(=O)O. The molecule has 0 rings (SSSR count). The quantitative estimate of drug-likeness (QED) is 0.120. The lowest BCUT2D eigenvalue weighted by atomic mass is 9.97. The largest absolute Gasteiger partial charge is 0.481 e. The Kier molecular flexibility index (Phi) is 14.1. The molecule has 0 unspecified atom stereocenters. The summed E-state index contributed by atoms with van der Waals surface area (Å²) in [7, 11) is 0. The number of carbonyl (C=O) groups is 4. The normalized spacial score (nSPS) is 13.7. The van der Waals surface area contributed by atoms with E-state index in [2.05, 4.69) is 4.99 Å². The van der Waals surface area contributed by atoms with Crippen molar-refractivity contribution in [1.82, 2.24) is 4.90 Å². The highest BCUT2D eigenvalue weighted by Gasteiger charge is 2.35. The molecule has 0 aliphatic heterocycles. The molecule has 10 heteroatoms. The molecule has 2 amide bonds. The van der Waals surface area contributed by atoms with Crippen molar-refractivity contribution in [3.05, 3.63) is 0 Å². The second-order valence-electron chi connectivity index (χ2n) is 7.50. The lowest BCUT2D eigenvalue weighted by Gasteiger charge is -2.31. The first-order valence-corrected chi connectivity index (χ1v) is 10.5. The van der Waals surface area contributed by atoms with Crippen LogP contribution in [0, 0.1) is 5.92 Å². The van der Waals surface area contributed by atoms with Crippen LogP contribution in [0.5, 0.6) is 0 Å². The van der Waals surface area contributed by atoms with E-state index >= 15 is 0 Å². The maximum absolute atomic E-state index is 12.7. The van der Waals surface area contributed by atoms with E-state index in [9.17, 15) is 19.2 Å². The first-order valence-electron chi connectivity index (χ1n) is 10.5. The van der Waals surface area contributed by atoms with Gasteiger partial charge in [-0.2, -0.15) is 0 Å². The minimum absolute atomic E-state index is 0.0849. The van der Waals surface area contributed by atoms with Crippen molar-refractivity contribution in [3.63, 3.8) is 0 Å². The first kappa shape index (κ1) is 27.5. The zero-order chi connectivity index (χ0) is 23.1. The number of carbonyl (C=O) groups excluding carboxylic acids is 3. The van der Waals surface area contributed by atoms with Gasteiger partial charge in [-0.25, -0.2) is 0 Å². The van der Waals surface area contributed by atoms with Crippen LogP contribution in [-0.2, 0) is 19.2 Å². The monoisotopic (exact) mass is 427 g/mol. The highest BCUT2D eigenvalue weighted by Crippen LogP contribution is 2.18. The van der Waals surface area contributed by atoms with Gasteiger partial charge in [-0.15, -0.1) is 0 Å². The highest BCUT2D eigenvalue weighted by atomic mass is 16.4. The number of imide groups is 1. The van der Waals surface area contributed by atoms with Gasteiger partial charge in [-0.3, -0.25) is 24.3 Å². The molecular weight excluding hydrogens is 390 g/mol. The lowest BCUT2D eigenvalue weighted by molar-refractivity contribution is -0.153. The van der Waals surface area contributed by atoms with E-state index < -0.39 is 36.3 Å². The molecule has 0 aliphatic rings. The Labute approximate surface area is 178 Å². The number of guanidine groups is 1. The molecule has 3 atom stereocenters. The van der Waals surface area contributed by atoms with Gasteiger partial charge in [0.1, 0.15) is 6.29 Å². The van der Waals surface area contributed by atoms with Gasteiger partial charge in [0.25, 0.3) is 0 Å². The lowest BCUT2D eigenvalue weighted by Crippen LogP contribution is -2.54. The number of aldehydes is 1. The number of hydrogen-bond acceptors (Lipinski definition) is 6. The number of nitrogens with two attached hydrogens (primary N) is 3. The second kappa shape index (κ2) is 15.4. The molecule has 0 saturated heterocycles. The fourth-order valence-electron chi connectivity index (χ4n) is 3.00. The number of hydrogen-bond donors (Lipinski definition) is 4. The zero-order valence-electron chi connectivity index (χ0n) is 18.1. The Morgan fingerprint density at radius 1 is 1.07 bits per heavy atom. The van der Waals surface area contributed by atoms with Crippen molar-refractivity contribution in [2.45, 2.75) is 83.7 Å². The Bertz CT molecular complexity index is 592. The van der Waals surface area contributed by atoms with Gasteiger partial charge in [0, 0.05) is 13.0 Å². The molecule has 0 radical (unpaired) electrons. The molecule has 0 saturated carbocycles. The van der Waals surface area contributed by atoms with Gasteiger partial charge in [0.15, 0.2) is 5.96 Å². The summed E-state index contributed by atoms with van der Waals surface area (Å²) in [6, 6.07) is -2.33. The maximum Gasteiger partial charge on any atom is 0.305 e. The van der Waals surface area contributed by atoms with Crippen LogP contribution >= 0.6 is 0 Å². The van der Waals surface area contributed by atoms with Crippen LogP contribution in [0.2, 0.25) is 0 Å². The van der Waals surface area contributed by atoms with Gasteiger partial charge < -0.3 is 27.1 Å². The van der Waals surface area contributed by atoms with Gasteiger partial charge in [0.2, 0.25) is 11.8 Å². The van der Waals surface area contributed by atoms with Crippen LogP contribution in [-0.4, -0.2) is 58.7 Å². The molecule has 172 valence electrons. The van der Waals surface area contributed by atoms with E-state index in [4.69, 9.17) is 22.3 Å². The number of nitrogens with zero attached hydrogens (tertiary/aromatic N) is 2. The number of aliphatic imine (C=N–C) groups is 1. The van der Waals surface area contributed by atoms with E-state index in [0.717, 1.165) is 37.0 Å². The van der Waals surface area contributed by atoms with Gasteiger partial charge in [0.05, 0.1) is 18.5 Å². The van der Waals surface area contributed by atoms with Crippen LogP contribution in [0.15, 0.2) is 4.99 Å². The minimum Gasteiger partial charge on any atom is -0.481 e. The molecule has 0 aliphatic carbocycles. The Hall–Kier alpha value is -2.49. The summed E-state index contributed by atoms with van der Waals surface area (Å²) in [4.78, 5) is 52.7. The van der Waals surface area contributed by atoms with E-state index in [-0.39, 0.29) is 18.3 Å². The number of unbranched alkanes of at least 4 members (excludes halogenated alkanes) is 5. The van der Waals surface area contributed by atoms with E-state index in [1.165, 1.54) is 0 Å². The summed E-state index contributed by atoms with van der Waals surface area (Å²) in [6.07, 6.45) is 5.76. The van der Waals surface area contributed by atoms with Crippen molar-refractivity contribution < 1.29 is 24.3 Å². The summed E-state index contributed by atoms with van der Waals surface area (Å²) >= 11 is 0. The summed E-state index contributed by atoms with van der Waals surface area (Å²) in [5.41, 5.74) is 16.2. The average molecular weight is 428 g/mol. The first-order chi connectivity index (χ1) is 14.1. The molecule has 0 aromatic rings. The third-order valence-corrected chi connectivity index (χ3v) is 4.98. The van der Waals surface area contributed by atoms with Crippen molar-refractivity contribution in [2.24, 2.45) is 28.1 Å². The molecule has 0 heterocycles. The fourth-order valence-corrected chi connectivity index (χ4v) is 3.00. The van der Waals surface area contributed by atoms with Crippen molar-refractivity contribution in [1.29, 1.82) is 0 Å². The predicted molar refractivity (Wildman–Crippen MR) is 114 cm³/mol. The van der Waals surface area contributed by atoms with Crippen molar-refractivity contribution >= 4 is 30.0 Å². The fraction of sp³-hybridized carbons (Fsp3) is 0.750. The Balaban J connectivity index is 4.74. The Morgan fingerprint density at radius 3 is 2.13 bits per heavy atom. The highest BCUT2D eigenvalue weighted by molar-refractivity contribution is 6.01. The Morgan fingerprint density at radius 2 is 1.63 bits per heavy atom. The van der Waals surface area contributed by atoms with E-state index in [0.29, 0.717) is 25.7 Å². The molecule has 0 aromatic carbocycles. The van der Waals surface area contributed by atoms with Crippen molar-refractivity contribution in [3.8, 4) is 0 Å².